The van der Waals surface area contributed by atoms with E-state index in [1.807, 2.05) is 19.1 Å². The fraction of sp³-hybridized carbons (Fsp3) is 0.500. The van der Waals surface area contributed by atoms with Crippen molar-refractivity contribution in [2.45, 2.75) is 19.2 Å². The fourth-order valence-electron chi connectivity index (χ4n) is 1.87. The zero-order chi connectivity index (χ0) is 18.2. The second-order valence-electron chi connectivity index (χ2n) is 5.72. The van der Waals surface area contributed by atoms with Crippen LogP contribution in [0.5, 0.6) is 0 Å². The Morgan fingerprint density at radius 1 is 1.12 bits per heavy atom. The second-order valence-corrected chi connectivity index (χ2v) is 7.86. The van der Waals surface area contributed by atoms with Crippen molar-refractivity contribution in [3.8, 4) is 0 Å². The fourth-order valence-corrected chi connectivity index (χ4v) is 2.67. The summed E-state index contributed by atoms with van der Waals surface area (Å²) in [6.07, 6.45) is 1.22. The van der Waals surface area contributed by atoms with Crippen LogP contribution in [0.15, 0.2) is 29.3 Å². The van der Waals surface area contributed by atoms with Crippen molar-refractivity contribution >= 4 is 21.7 Å². The van der Waals surface area contributed by atoms with Gasteiger partial charge >= 0.3 is 0 Å². The van der Waals surface area contributed by atoms with Gasteiger partial charge in [0, 0.05) is 26.9 Å². The molecule has 0 aliphatic carbocycles. The summed E-state index contributed by atoms with van der Waals surface area (Å²) >= 11 is 0. The SMILES string of the molecule is CCNC(=NCc1ccc(CS(C)(=O)=O)cc1)NCC(=O)N(C)C. The van der Waals surface area contributed by atoms with Crippen LogP contribution in [0.3, 0.4) is 0 Å². The van der Waals surface area contributed by atoms with E-state index in [1.54, 1.807) is 26.2 Å². The summed E-state index contributed by atoms with van der Waals surface area (Å²) in [7, 11) is 0.372. The summed E-state index contributed by atoms with van der Waals surface area (Å²) in [5.74, 6) is 0.562. The number of nitrogens with zero attached hydrogens (tertiary/aromatic N) is 2. The number of carbonyl (C=O) groups excluding carboxylic acids is 1. The zero-order valence-corrected chi connectivity index (χ0v) is 15.5. The molecule has 1 amide bonds. The third kappa shape index (κ3) is 7.96. The van der Waals surface area contributed by atoms with E-state index in [0.717, 1.165) is 11.1 Å². The van der Waals surface area contributed by atoms with Gasteiger partial charge in [-0.15, -0.1) is 0 Å². The second kappa shape index (κ2) is 9.27. The monoisotopic (exact) mass is 354 g/mol. The van der Waals surface area contributed by atoms with Crippen molar-refractivity contribution in [1.82, 2.24) is 15.5 Å². The van der Waals surface area contributed by atoms with E-state index in [0.29, 0.717) is 19.0 Å². The highest BCUT2D eigenvalue weighted by Crippen LogP contribution is 2.08. The van der Waals surface area contributed by atoms with Gasteiger partial charge in [-0.25, -0.2) is 13.4 Å². The zero-order valence-electron chi connectivity index (χ0n) is 14.7. The lowest BCUT2D eigenvalue weighted by Crippen LogP contribution is -2.42. The Bertz CT molecular complexity index is 667. The van der Waals surface area contributed by atoms with Crippen LogP contribution in [0.4, 0.5) is 0 Å². The normalized spacial score (nSPS) is 11.9. The molecule has 0 aliphatic rings. The smallest absolute Gasteiger partial charge is 0.241 e. The number of guanidine groups is 1. The van der Waals surface area contributed by atoms with E-state index in [-0.39, 0.29) is 18.2 Å². The van der Waals surface area contributed by atoms with E-state index < -0.39 is 9.84 Å². The Hall–Kier alpha value is -2.09. The first-order chi connectivity index (χ1) is 11.2. The molecule has 0 radical (unpaired) electrons. The molecule has 1 aromatic carbocycles. The number of sulfone groups is 1. The minimum Gasteiger partial charge on any atom is -0.357 e. The van der Waals surface area contributed by atoms with Crippen LogP contribution in [-0.4, -0.2) is 58.6 Å². The van der Waals surface area contributed by atoms with E-state index >= 15 is 0 Å². The molecule has 0 atom stereocenters. The minimum absolute atomic E-state index is 0.0351. The highest BCUT2D eigenvalue weighted by atomic mass is 32.2. The highest BCUT2D eigenvalue weighted by molar-refractivity contribution is 7.89. The first kappa shape index (κ1) is 20.0. The molecule has 134 valence electrons. The molecule has 0 saturated heterocycles. The lowest BCUT2D eigenvalue weighted by Gasteiger charge is -2.14. The largest absolute Gasteiger partial charge is 0.357 e. The first-order valence-corrected chi connectivity index (χ1v) is 9.75. The first-order valence-electron chi connectivity index (χ1n) is 7.69. The van der Waals surface area contributed by atoms with Crippen LogP contribution < -0.4 is 10.6 Å². The van der Waals surface area contributed by atoms with E-state index in [4.69, 9.17) is 0 Å². The van der Waals surface area contributed by atoms with Gasteiger partial charge in [-0.1, -0.05) is 24.3 Å². The molecule has 7 nitrogen and oxygen atoms in total. The third-order valence-electron chi connectivity index (χ3n) is 3.12. The van der Waals surface area contributed by atoms with Crippen molar-refractivity contribution < 1.29 is 13.2 Å². The molecule has 1 rings (SSSR count). The predicted molar refractivity (Wildman–Crippen MR) is 96.5 cm³/mol. The molecule has 0 spiro atoms. The molecule has 24 heavy (non-hydrogen) atoms. The van der Waals surface area contributed by atoms with Crippen LogP contribution >= 0.6 is 0 Å². The number of rotatable bonds is 7. The Morgan fingerprint density at radius 3 is 2.21 bits per heavy atom. The van der Waals surface area contributed by atoms with Gasteiger partial charge in [-0.3, -0.25) is 4.79 Å². The van der Waals surface area contributed by atoms with Gasteiger partial charge in [-0.05, 0) is 18.1 Å². The average Bonchev–Trinajstić information content (AvgIpc) is 2.49. The molecule has 0 unspecified atom stereocenters. The molecular weight excluding hydrogens is 328 g/mol. The molecule has 0 heterocycles. The van der Waals surface area contributed by atoms with Crippen molar-refractivity contribution in [2.75, 3.05) is 33.4 Å². The van der Waals surface area contributed by atoms with Crippen molar-refractivity contribution in [1.29, 1.82) is 0 Å². The topological polar surface area (TPSA) is 90.9 Å². The summed E-state index contributed by atoms with van der Waals surface area (Å²) < 4.78 is 22.6. The number of amides is 1. The molecule has 0 bridgehead atoms. The number of aliphatic imine (C=N–C) groups is 1. The van der Waals surface area contributed by atoms with E-state index in [1.165, 1.54) is 11.2 Å². The summed E-state index contributed by atoms with van der Waals surface area (Å²) in [4.78, 5) is 17.5. The lowest BCUT2D eigenvalue weighted by molar-refractivity contribution is -0.127. The summed E-state index contributed by atoms with van der Waals surface area (Å²) in [5, 5.41) is 6.06. The van der Waals surface area contributed by atoms with E-state index in [9.17, 15) is 13.2 Å². The van der Waals surface area contributed by atoms with Crippen molar-refractivity contribution in [3.05, 3.63) is 35.4 Å². The van der Waals surface area contributed by atoms with Gasteiger partial charge in [0.25, 0.3) is 0 Å². The quantitative estimate of drug-likeness (QED) is 0.545. The molecule has 0 aliphatic heterocycles. The van der Waals surface area contributed by atoms with Crippen LogP contribution in [0.25, 0.3) is 0 Å². The van der Waals surface area contributed by atoms with E-state index in [2.05, 4.69) is 15.6 Å². The Labute approximate surface area is 144 Å². The van der Waals surface area contributed by atoms with Gasteiger partial charge in [0.1, 0.15) is 0 Å². The number of likely N-dealkylation sites (N-methyl/N-ethyl adjacent to an activating group) is 1. The third-order valence-corrected chi connectivity index (χ3v) is 3.98. The van der Waals surface area contributed by atoms with Gasteiger partial charge in [0.15, 0.2) is 15.8 Å². The maximum Gasteiger partial charge on any atom is 0.241 e. The number of hydrogen-bond acceptors (Lipinski definition) is 4. The standard InChI is InChI=1S/C16H26N4O3S/c1-5-17-16(19-11-15(21)20(2)3)18-10-13-6-8-14(9-7-13)12-24(4,22)23/h6-9H,5,10-12H2,1-4H3,(H2,17,18,19). The summed E-state index contributed by atoms with van der Waals surface area (Å²) in [6.45, 7) is 3.25. The molecule has 1 aromatic rings. The van der Waals surface area contributed by atoms with Crippen LogP contribution in [0.1, 0.15) is 18.1 Å². The van der Waals surface area contributed by atoms with Crippen LogP contribution in [0, 0.1) is 0 Å². The maximum absolute atomic E-state index is 11.6. The molecular formula is C16H26N4O3S. The maximum atomic E-state index is 11.6. The Morgan fingerprint density at radius 2 is 1.71 bits per heavy atom. The predicted octanol–water partition coefficient (Wildman–Crippen LogP) is 0.375. The van der Waals surface area contributed by atoms with Gasteiger partial charge in [-0.2, -0.15) is 0 Å². The van der Waals surface area contributed by atoms with Gasteiger partial charge in [0.2, 0.25) is 5.91 Å². The molecule has 2 N–H and O–H groups in total. The summed E-state index contributed by atoms with van der Waals surface area (Å²) in [6, 6.07) is 7.31. The average molecular weight is 354 g/mol. The molecule has 0 saturated carbocycles. The minimum atomic E-state index is -3.03. The Balaban J connectivity index is 2.66. The van der Waals surface area contributed by atoms with Crippen LogP contribution in [-0.2, 0) is 26.9 Å². The lowest BCUT2D eigenvalue weighted by atomic mass is 10.1. The van der Waals surface area contributed by atoms with Crippen molar-refractivity contribution in [3.63, 3.8) is 0 Å². The Kier molecular flexibility index (Phi) is 7.70. The summed E-state index contributed by atoms with van der Waals surface area (Å²) in [5.41, 5.74) is 1.72. The molecule has 0 aromatic heterocycles. The number of nitrogens with one attached hydrogen (secondary N) is 2. The number of carbonyl (C=O) groups is 1. The molecule has 0 fully saturated rings. The molecule has 8 heteroatoms. The van der Waals surface area contributed by atoms with Crippen molar-refractivity contribution in [2.24, 2.45) is 4.99 Å². The number of benzene rings is 1. The van der Waals surface area contributed by atoms with Gasteiger partial charge < -0.3 is 15.5 Å². The van der Waals surface area contributed by atoms with Crippen LogP contribution in [0.2, 0.25) is 0 Å². The number of hydrogen-bond donors (Lipinski definition) is 2. The van der Waals surface area contributed by atoms with Gasteiger partial charge in [0.05, 0.1) is 18.8 Å². The highest BCUT2D eigenvalue weighted by Gasteiger charge is 2.06.